The van der Waals surface area contributed by atoms with Crippen LogP contribution in [-0.4, -0.2) is 37.1 Å². The van der Waals surface area contributed by atoms with Gasteiger partial charge in [0.1, 0.15) is 11.5 Å². The number of nitrogens with one attached hydrogen (secondary N) is 2. The Balaban J connectivity index is 1.43. The van der Waals surface area contributed by atoms with Gasteiger partial charge in [-0.2, -0.15) is 0 Å². The summed E-state index contributed by atoms with van der Waals surface area (Å²) in [6, 6.07) is 20.3. The monoisotopic (exact) mass is 503 g/mol. The van der Waals surface area contributed by atoms with E-state index in [2.05, 4.69) is 15.6 Å². The molecule has 0 aliphatic heterocycles. The van der Waals surface area contributed by atoms with E-state index in [-0.39, 0.29) is 25.5 Å². The third-order valence-electron chi connectivity index (χ3n) is 5.91. The first-order chi connectivity index (χ1) is 17.9. The molecular formula is C27H26FN5O4. The van der Waals surface area contributed by atoms with Gasteiger partial charge >= 0.3 is 0 Å². The van der Waals surface area contributed by atoms with Crippen LogP contribution in [0.5, 0.6) is 0 Å². The molecule has 1 unspecified atom stereocenters. The Bertz CT molecular complexity index is 1340. The highest BCUT2D eigenvalue weighted by Gasteiger charge is 2.19. The maximum Gasteiger partial charge on any atom is 0.251 e. The summed E-state index contributed by atoms with van der Waals surface area (Å²) in [5.41, 5.74) is 6.28. The molecule has 0 aliphatic rings. The maximum absolute atomic E-state index is 13.1. The third-order valence-corrected chi connectivity index (χ3v) is 5.91. The van der Waals surface area contributed by atoms with Crippen molar-refractivity contribution in [1.82, 2.24) is 25.8 Å². The van der Waals surface area contributed by atoms with Gasteiger partial charge in [-0.1, -0.05) is 53.7 Å². The number of amides is 2. The van der Waals surface area contributed by atoms with Crippen molar-refractivity contribution >= 4 is 11.8 Å². The van der Waals surface area contributed by atoms with Crippen molar-refractivity contribution in [2.45, 2.75) is 32.0 Å². The lowest BCUT2D eigenvalue weighted by Crippen LogP contribution is -2.25. The Hall–Kier alpha value is -4.41. The SMILES string of the molecule is O=C(CC(Cc1ccc(-c2ccc(CO)cc2)cc1)n1cc(CNC(=O)c2ccc(F)cc2)nn1)NO. The quantitative estimate of drug-likeness (QED) is 0.194. The first kappa shape index (κ1) is 25.7. The van der Waals surface area contributed by atoms with Gasteiger partial charge in [-0.3, -0.25) is 14.8 Å². The van der Waals surface area contributed by atoms with Crippen molar-refractivity contribution in [2.24, 2.45) is 0 Å². The van der Waals surface area contributed by atoms with E-state index < -0.39 is 17.8 Å². The zero-order valence-electron chi connectivity index (χ0n) is 19.8. The smallest absolute Gasteiger partial charge is 0.251 e. The highest BCUT2D eigenvalue weighted by atomic mass is 19.1. The fourth-order valence-corrected chi connectivity index (χ4v) is 3.87. The number of hydrogen-bond donors (Lipinski definition) is 4. The van der Waals surface area contributed by atoms with Crippen molar-refractivity contribution in [1.29, 1.82) is 0 Å². The number of aromatic nitrogens is 3. The molecule has 37 heavy (non-hydrogen) atoms. The molecule has 2 amide bonds. The number of halogens is 1. The molecule has 9 nitrogen and oxygen atoms in total. The summed E-state index contributed by atoms with van der Waals surface area (Å²) in [4.78, 5) is 24.2. The van der Waals surface area contributed by atoms with Crippen molar-refractivity contribution in [2.75, 3.05) is 0 Å². The fourth-order valence-electron chi connectivity index (χ4n) is 3.87. The molecule has 4 aromatic rings. The lowest BCUT2D eigenvalue weighted by molar-refractivity contribution is -0.130. The van der Waals surface area contributed by atoms with Gasteiger partial charge in [0.15, 0.2) is 0 Å². The van der Waals surface area contributed by atoms with Crippen LogP contribution in [-0.2, 0) is 24.4 Å². The van der Waals surface area contributed by atoms with Gasteiger partial charge in [-0.25, -0.2) is 14.6 Å². The van der Waals surface area contributed by atoms with E-state index in [4.69, 9.17) is 5.21 Å². The molecule has 4 N–H and O–H groups in total. The number of nitrogens with zero attached hydrogens (tertiary/aromatic N) is 3. The second kappa shape index (κ2) is 12.0. The van der Waals surface area contributed by atoms with Crippen LogP contribution in [0.4, 0.5) is 4.39 Å². The molecule has 1 aromatic heterocycles. The van der Waals surface area contributed by atoms with Crippen LogP contribution in [0.1, 0.15) is 39.6 Å². The number of aliphatic hydroxyl groups is 1. The summed E-state index contributed by atoms with van der Waals surface area (Å²) in [6.07, 6.45) is 2.05. The molecule has 0 fully saturated rings. The van der Waals surface area contributed by atoms with E-state index in [1.165, 1.54) is 28.9 Å². The van der Waals surface area contributed by atoms with Crippen LogP contribution in [0.25, 0.3) is 11.1 Å². The largest absolute Gasteiger partial charge is 0.392 e. The van der Waals surface area contributed by atoms with Crippen LogP contribution in [0.3, 0.4) is 0 Å². The van der Waals surface area contributed by atoms with Gasteiger partial charge < -0.3 is 10.4 Å². The predicted molar refractivity (Wildman–Crippen MR) is 133 cm³/mol. The van der Waals surface area contributed by atoms with Gasteiger partial charge in [0.05, 0.1) is 31.8 Å². The number of rotatable bonds is 10. The Labute approximate surface area is 212 Å². The van der Waals surface area contributed by atoms with Crippen molar-refractivity contribution in [3.63, 3.8) is 0 Å². The standard InChI is InChI=1S/C27H26FN5O4/c28-23-11-9-22(10-12-23)27(36)29-15-24-16-33(32-30-24)25(14-26(35)31-37)13-18-1-5-20(6-2-18)21-7-3-19(17-34)4-8-21/h1-12,16,25,34,37H,13-15,17H2,(H,29,36)(H,31,35). The van der Waals surface area contributed by atoms with Crippen LogP contribution < -0.4 is 10.8 Å². The van der Waals surface area contributed by atoms with E-state index in [1.54, 1.807) is 11.7 Å². The van der Waals surface area contributed by atoms with E-state index in [9.17, 15) is 19.1 Å². The summed E-state index contributed by atoms with van der Waals surface area (Å²) >= 11 is 0. The van der Waals surface area contributed by atoms with E-state index in [0.717, 1.165) is 22.3 Å². The Morgan fingerprint density at radius 3 is 2.14 bits per heavy atom. The number of benzene rings is 3. The zero-order chi connectivity index (χ0) is 26.2. The maximum atomic E-state index is 13.1. The first-order valence-corrected chi connectivity index (χ1v) is 11.6. The van der Waals surface area contributed by atoms with Crippen LogP contribution in [0.15, 0.2) is 79.0 Å². The second-order valence-corrected chi connectivity index (χ2v) is 8.53. The molecule has 0 saturated carbocycles. The van der Waals surface area contributed by atoms with Gasteiger partial charge in [0.2, 0.25) is 5.91 Å². The highest BCUT2D eigenvalue weighted by molar-refractivity contribution is 5.94. The number of hydrogen-bond acceptors (Lipinski definition) is 6. The van der Waals surface area contributed by atoms with E-state index in [0.29, 0.717) is 17.7 Å². The molecule has 0 aliphatic carbocycles. The lowest BCUT2D eigenvalue weighted by atomic mass is 9.99. The van der Waals surface area contributed by atoms with Gasteiger partial charge in [0, 0.05) is 5.56 Å². The van der Waals surface area contributed by atoms with Gasteiger partial charge in [-0.05, 0) is 52.9 Å². The average molecular weight is 504 g/mol. The topological polar surface area (TPSA) is 129 Å². The number of carbonyl (C=O) groups excluding carboxylic acids is 2. The summed E-state index contributed by atoms with van der Waals surface area (Å²) in [5.74, 6) is -1.37. The summed E-state index contributed by atoms with van der Waals surface area (Å²) in [7, 11) is 0. The van der Waals surface area contributed by atoms with Crippen molar-refractivity contribution in [3.8, 4) is 11.1 Å². The van der Waals surface area contributed by atoms with Gasteiger partial charge in [0.25, 0.3) is 5.91 Å². The molecule has 3 aromatic carbocycles. The Kier molecular flexibility index (Phi) is 8.34. The summed E-state index contributed by atoms with van der Waals surface area (Å²) in [6.45, 7) is 0.0888. The Morgan fingerprint density at radius 1 is 0.919 bits per heavy atom. The molecule has 0 saturated heterocycles. The predicted octanol–water partition coefficient (Wildman–Crippen LogP) is 3.19. The number of carbonyl (C=O) groups is 2. The molecular weight excluding hydrogens is 477 g/mol. The average Bonchev–Trinajstić information content (AvgIpc) is 3.41. The van der Waals surface area contributed by atoms with Crippen molar-refractivity contribution in [3.05, 3.63) is 107 Å². The minimum Gasteiger partial charge on any atom is -0.392 e. The minimum absolute atomic E-state index is 0.00730. The van der Waals surface area contributed by atoms with E-state index in [1.807, 2.05) is 48.5 Å². The van der Waals surface area contributed by atoms with Crippen molar-refractivity contribution < 1.29 is 24.3 Å². The first-order valence-electron chi connectivity index (χ1n) is 11.6. The Morgan fingerprint density at radius 2 is 1.54 bits per heavy atom. The molecule has 190 valence electrons. The third kappa shape index (κ3) is 6.84. The number of hydroxylamine groups is 1. The molecule has 4 rings (SSSR count). The zero-order valence-corrected chi connectivity index (χ0v) is 19.8. The van der Waals surface area contributed by atoms with E-state index >= 15 is 0 Å². The minimum atomic E-state index is -0.563. The molecule has 0 bridgehead atoms. The molecule has 0 radical (unpaired) electrons. The molecule has 0 spiro atoms. The lowest BCUT2D eigenvalue weighted by Gasteiger charge is -2.16. The second-order valence-electron chi connectivity index (χ2n) is 8.53. The van der Waals surface area contributed by atoms with Crippen LogP contribution >= 0.6 is 0 Å². The fraction of sp³-hybridized carbons (Fsp3) is 0.185. The number of aliphatic hydroxyl groups excluding tert-OH is 1. The highest BCUT2D eigenvalue weighted by Crippen LogP contribution is 2.23. The van der Waals surface area contributed by atoms with Gasteiger partial charge in [-0.15, -0.1) is 5.10 Å². The molecule has 10 heteroatoms. The van der Waals surface area contributed by atoms with Crippen LogP contribution in [0.2, 0.25) is 0 Å². The molecule has 1 heterocycles. The van der Waals surface area contributed by atoms with Crippen LogP contribution in [0, 0.1) is 5.82 Å². The summed E-state index contributed by atoms with van der Waals surface area (Å²) < 4.78 is 14.6. The normalized spacial score (nSPS) is 11.6. The summed E-state index contributed by atoms with van der Waals surface area (Å²) in [5, 5.41) is 29.2. The molecule has 1 atom stereocenters.